The molecule has 170 valence electrons. The predicted molar refractivity (Wildman–Crippen MR) is 111 cm³/mol. The topological polar surface area (TPSA) is 127 Å². The number of nitro groups is 1. The third kappa shape index (κ3) is 5.04. The number of likely N-dealkylation sites (tertiary alicyclic amines) is 1. The molecule has 0 aliphatic carbocycles. The molecule has 10 nitrogen and oxygen atoms in total. The first-order valence-corrected chi connectivity index (χ1v) is 11.8. The highest BCUT2D eigenvalue weighted by molar-refractivity contribution is 7.89. The number of hydrogen-bond acceptors (Lipinski definition) is 7. The number of hydrogen-bond donors (Lipinski definition) is 0. The molecule has 2 heterocycles. The molecule has 0 spiro atoms. The van der Waals surface area contributed by atoms with E-state index in [1.54, 1.807) is 18.7 Å². The summed E-state index contributed by atoms with van der Waals surface area (Å²) in [5.41, 5.74) is 0.126. The maximum atomic E-state index is 13.0. The first-order valence-electron chi connectivity index (χ1n) is 10.4. The summed E-state index contributed by atoms with van der Waals surface area (Å²) in [4.78, 5) is 36.8. The highest BCUT2D eigenvalue weighted by Crippen LogP contribution is 2.29. The molecular weight excluding hydrogens is 426 g/mol. The molecule has 0 saturated carbocycles. The summed E-state index contributed by atoms with van der Waals surface area (Å²) in [5, 5.41) is 11.0. The maximum Gasteiger partial charge on any atom is 0.309 e. The number of benzene rings is 1. The lowest BCUT2D eigenvalue weighted by Gasteiger charge is -2.31. The van der Waals surface area contributed by atoms with E-state index in [0.717, 1.165) is 18.9 Å². The van der Waals surface area contributed by atoms with E-state index in [0.29, 0.717) is 18.7 Å². The zero-order valence-electron chi connectivity index (χ0n) is 17.7. The minimum Gasteiger partial charge on any atom is -0.452 e. The SMILES string of the molecule is Cc1ccc([N+](=O)[O-])cc1S(=O)(=O)N1CCC(C(=O)O[C@H](C)C(=O)N2CCCC2)CC1. The van der Waals surface area contributed by atoms with Crippen LogP contribution in [0.3, 0.4) is 0 Å². The molecule has 1 atom stereocenters. The second-order valence-electron chi connectivity index (χ2n) is 8.00. The summed E-state index contributed by atoms with van der Waals surface area (Å²) >= 11 is 0. The molecule has 0 bridgehead atoms. The fraction of sp³-hybridized carbons (Fsp3) is 0.600. The van der Waals surface area contributed by atoms with Crippen molar-refractivity contribution in [1.82, 2.24) is 9.21 Å². The highest BCUT2D eigenvalue weighted by atomic mass is 32.2. The number of nitro benzene ring substituents is 1. The van der Waals surface area contributed by atoms with Gasteiger partial charge in [-0.15, -0.1) is 0 Å². The molecule has 3 rings (SSSR count). The second kappa shape index (κ2) is 9.31. The lowest BCUT2D eigenvalue weighted by molar-refractivity contribution is -0.385. The quantitative estimate of drug-likeness (QED) is 0.365. The average Bonchev–Trinajstić information content (AvgIpc) is 3.28. The average molecular weight is 454 g/mol. The summed E-state index contributed by atoms with van der Waals surface area (Å²) in [7, 11) is -3.93. The van der Waals surface area contributed by atoms with Crippen molar-refractivity contribution in [3.8, 4) is 0 Å². The fourth-order valence-corrected chi connectivity index (χ4v) is 5.68. The molecule has 0 unspecified atom stereocenters. The van der Waals surface area contributed by atoms with Crippen LogP contribution in [-0.4, -0.2) is 66.7 Å². The van der Waals surface area contributed by atoms with Crippen LogP contribution in [0, 0.1) is 23.0 Å². The van der Waals surface area contributed by atoms with Gasteiger partial charge in [-0.05, 0) is 45.1 Å². The minimum atomic E-state index is -3.93. The Labute approximate surface area is 181 Å². The lowest BCUT2D eigenvalue weighted by Crippen LogP contribution is -2.43. The van der Waals surface area contributed by atoms with Gasteiger partial charge in [0, 0.05) is 38.3 Å². The summed E-state index contributed by atoms with van der Waals surface area (Å²) < 4.78 is 32.6. The third-order valence-electron chi connectivity index (χ3n) is 5.85. The van der Waals surface area contributed by atoms with Crippen molar-refractivity contribution in [1.29, 1.82) is 0 Å². The van der Waals surface area contributed by atoms with Gasteiger partial charge in [-0.2, -0.15) is 4.31 Å². The molecule has 2 saturated heterocycles. The van der Waals surface area contributed by atoms with Crippen LogP contribution in [0.4, 0.5) is 5.69 Å². The summed E-state index contributed by atoms with van der Waals surface area (Å²) in [6.45, 7) is 4.68. The molecule has 2 aliphatic heterocycles. The molecular formula is C20H27N3O7S. The van der Waals surface area contributed by atoms with E-state index in [9.17, 15) is 28.1 Å². The van der Waals surface area contributed by atoms with E-state index < -0.39 is 32.9 Å². The Hall–Kier alpha value is -2.53. The zero-order chi connectivity index (χ0) is 22.8. The Morgan fingerprint density at radius 3 is 2.35 bits per heavy atom. The first-order chi connectivity index (χ1) is 14.6. The van der Waals surface area contributed by atoms with Crippen molar-refractivity contribution in [2.45, 2.75) is 50.5 Å². The van der Waals surface area contributed by atoms with Crippen LogP contribution in [-0.2, 0) is 24.3 Å². The number of non-ortho nitro benzene ring substituents is 1. The number of carbonyl (C=O) groups is 2. The Kier molecular flexibility index (Phi) is 6.95. The highest BCUT2D eigenvalue weighted by Gasteiger charge is 2.35. The van der Waals surface area contributed by atoms with Crippen molar-refractivity contribution >= 4 is 27.6 Å². The van der Waals surface area contributed by atoms with Crippen LogP contribution >= 0.6 is 0 Å². The zero-order valence-corrected chi connectivity index (χ0v) is 18.5. The van der Waals surface area contributed by atoms with Gasteiger partial charge in [0.1, 0.15) is 0 Å². The Morgan fingerprint density at radius 2 is 1.77 bits per heavy atom. The Balaban J connectivity index is 1.61. The molecule has 2 fully saturated rings. The van der Waals surface area contributed by atoms with Crippen molar-refractivity contribution in [2.24, 2.45) is 5.92 Å². The van der Waals surface area contributed by atoms with Crippen LogP contribution in [0.5, 0.6) is 0 Å². The maximum absolute atomic E-state index is 13.0. The van der Waals surface area contributed by atoms with E-state index in [2.05, 4.69) is 0 Å². The predicted octanol–water partition coefficient (Wildman–Crippen LogP) is 1.86. The molecule has 1 amide bonds. The number of aryl methyl sites for hydroxylation is 1. The van der Waals surface area contributed by atoms with Crippen LogP contribution < -0.4 is 0 Å². The van der Waals surface area contributed by atoms with E-state index in [1.807, 2.05) is 0 Å². The molecule has 0 aromatic heterocycles. The number of amides is 1. The van der Waals surface area contributed by atoms with Crippen LogP contribution in [0.15, 0.2) is 23.1 Å². The van der Waals surface area contributed by atoms with Gasteiger partial charge in [-0.1, -0.05) is 6.07 Å². The van der Waals surface area contributed by atoms with E-state index in [-0.39, 0.29) is 42.4 Å². The first kappa shape index (κ1) is 23.1. The molecule has 0 N–H and O–H groups in total. The number of piperidine rings is 1. The number of ether oxygens (including phenoxy) is 1. The van der Waals surface area contributed by atoms with Gasteiger partial charge in [-0.25, -0.2) is 8.42 Å². The van der Waals surface area contributed by atoms with Gasteiger partial charge < -0.3 is 9.64 Å². The van der Waals surface area contributed by atoms with Crippen LogP contribution in [0.1, 0.15) is 38.2 Å². The van der Waals surface area contributed by atoms with E-state index in [1.165, 1.54) is 16.4 Å². The van der Waals surface area contributed by atoms with E-state index >= 15 is 0 Å². The van der Waals surface area contributed by atoms with Crippen molar-refractivity contribution < 1.29 is 27.7 Å². The van der Waals surface area contributed by atoms with Gasteiger partial charge >= 0.3 is 5.97 Å². The number of sulfonamides is 1. The number of carbonyl (C=O) groups excluding carboxylic acids is 2. The minimum absolute atomic E-state index is 0.0959. The van der Waals surface area contributed by atoms with Crippen molar-refractivity contribution in [3.05, 3.63) is 33.9 Å². The normalized spacial score (nSPS) is 19.2. The molecule has 11 heteroatoms. The third-order valence-corrected chi connectivity index (χ3v) is 7.89. The van der Waals surface area contributed by atoms with Gasteiger partial charge in [0.2, 0.25) is 10.0 Å². The van der Waals surface area contributed by atoms with E-state index in [4.69, 9.17) is 4.74 Å². The second-order valence-corrected chi connectivity index (χ2v) is 9.90. The monoisotopic (exact) mass is 453 g/mol. The summed E-state index contributed by atoms with van der Waals surface area (Å²) in [5.74, 6) is -1.19. The summed E-state index contributed by atoms with van der Waals surface area (Å²) in [6.07, 6.45) is 1.56. The Bertz CT molecular complexity index is 965. The van der Waals surface area contributed by atoms with Crippen LogP contribution in [0.2, 0.25) is 0 Å². The molecule has 1 aromatic carbocycles. The number of rotatable bonds is 6. The van der Waals surface area contributed by atoms with Crippen molar-refractivity contribution in [3.63, 3.8) is 0 Å². The van der Waals surface area contributed by atoms with Gasteiger partial charge in [-0.3, -0.25) is 19.7 Å². The molecule has 31 heavy (non-hydrogen) atoms. The van der Waals surface area contributed by atoms with Gasteiger partial charge in [0.05, 0.1) is 15.7 Å². The van der Waals surface area contributed by atoms with Gasteiger partial charge in [0.25, 0.3) is 11.6 Å². The number of nitrogens with zero attached hydrogens (tertiary/aromatic N) is 3. The molecule has 1 aromatic rings. The van der Waals surface area contributed by atoms with Gasteiger partial charge in [0.15, 0.2) is 6.10 Å². The largest absolute Gasteiger partial charge is 0.452 e. The fourth-order valence-electron chi connectivity index (χ4n) is 3.97. The van der Waals surface area contributed by atoms with Crippen molar-refractivity contribution in [2.75, 3.05) is 26.2 Å². The molecule has 0 radical (unpaired) electrons. The summed E-state index contributed by atoms with van der Waals surface area (Å²) in [6, 6.07) is 3.74. The lowest BCUT2D eigenvalue weighted by atomic mass is 9.98. The smallest absolute Gasteiger partial charge is 0.309 e. The van der Waals surface area contributed by atoms with Crippen LogP contribution in [0.25, 0.3) is 0 Å². The Morgan fingerprint density at radius 1 is 1.16 bits per heavy atom. The standard InChI is InChI=1S/C20H27N3O7S/c1-14-5-6-17(23(26)27)13-18(14)31(28,29)22-11-7-16(8-12-22)20(25)30-15(2)19(24)21-9-3-4-10-21/h5-6,13,15-16H,3-4,7-12H2,1-2H3/t15-/m1/s1. The molecule has 2 aliphatic rings. The number of esters is 1.